The lowest BCUT2D eigenvalue weighted by Crippen LogP contribution is -2.67. The minimum Gasteiger partial charge on any atom is -0.497 e. The quantitative estimate of drug-likeness (QED) is 0.171. The van der Waals surface area contributed by atoms with Gasteiger partial charge in [-0.2, -0.15) is 0 Å². The maximum atomic E-state index is 14.4. The van der Waals surface area contributed by atoms with Crippen molar-refractivity contribution in [3.8, 4) is 5.75 Å². The number of rotatable bonds is 11. The first-order valence-corrected chi connectivity index (χ1v) is 18.6. The van der Waals surface area contributed by atoms with Crippen LogP contribution in [0.4, 0.5) is 0 Å². The lowest BCUT2D eigenvalue weighted by molar-refractivity contribution is -0.153. The highest BCUT2D eigenvalue weighted by molar-refractivity contribution is 6.99. The second-order valence-electron chi connectivity index (χ2n) is 13.8. The topological polar surface area (TPSA) is 48.0 Å². The molecular weight excluding hydrogens is 587 g/mol. The van der Waals surface area contributed by atoms with Crippen LogP contribution >= 0.6 is 0 Å². The van der Waals surface area contributed by atoms with Crippen LogP contribution in [0.25, 0.3) is 0 Å². The fraction of sp³-hybridized carbons (Fsp3) is 0.375. The zero-order valence-electron chi connectivity index (χ0n) is 27.6. The summed E-state index contributed by atoms with van der Waals surface area (Å²) >= 11 is 0. The molecule has 1 amide bonds. The second kappa shape index (κ2) is 14.0. The summed E-state index contributed by atoms with van der Waals surface area (Å²) < 4.78 is 19.4. The number of piperidine rings is 1. The van der Waals surface area contributed by atoms with E-state index in [1.807, 2.05) is 18.2 Å². The van der Waals surface area contributed by atoms with Crippen LogP contribution in [-0.4, -0.2) is 51.0 Å². The summed E-state index contributed by atoms with van der Waals surface area (Å²) in [5.74, 6) is 0.945. The molecule has 2 aliphatic heterocycles. The Balaban J connectivity index is 1.28. The lowest BCUT2D eigenvalue weighted by atomic mass is 9.85. The van der Waals surface area contributed by atoms with E-state index in [-0.39, 0.29) is 35.1 Å². The van der Waals surface area contributed by atoms with Crippen molar-refractivity contribution in [2.24, 2.45) is 5.92 Å². The fourth-order valence-corrected chi connectivity index (χ4v) is 12.3. The van der Waals surface area contributed by atoms with Crippen LogP contribution in [0.15, 0.2) is 115 Å². The monoisotopic (exact) mass is 633 g/mol. The van der Waals surface area contributed by atoms with E-state index in [1.165, 1.54) is 15.9 Å². The Morgan fingerprint density at radius 3 is 1.91 bits per heavy atom. The summed E-state index contributed by atoms with van der Waals surface area (Å²) in [6, 6.07) is 40.0. The van der Waals surface area contributed by atoms with E-state index in [1.54, 1.807) is 7.11 Å². The van der Waals surface area contributed by atoms with E-state index in [4.69, 9.17) is 13.9 Å². The molecule has 0 spiro atoms. The van der Waals surface area contributed by atoms with Crippen molar-refractivity contribution in [3.05, 3.63) is 126 Å². The highest BCUT2D eigenvalue weighted by Gasteiger charge is 2.53. The van der Waals surface area contributed by atoms with Gasteiger partial charge in [-0.1, -0.05) is 124 Å². The van der Waals surface area contributed by atoms with Crippen LogP contribution < -0.4 is 15.1 Å². The van der Waals surface area contributed by atoms with E-state index in [2.05, 4.69) is 123 Å². The van der Waals surface area contributed by atoms with Crippen LogP contribution in [0.3, 0.4) is 0 Å². The van der Waals surface area contributed by atoms with Gasteiger partial charge in [0.25, 0.3) is 8.32 Å². The number of fused-ring (bicyclic) bond motifs is 1. The molecule has 2 heterocycles. The van der Waals surface area contributed by atoms with Crippen LogP contribution in [-0.2, 0) is 27.0 Å². The molecule has 240 valence electrons. The molecule has 2 fully saturated rings. The molecule has 4 aromatic rings. The Labute approximate surface area is 275 Å². The summed E-state index contributed by atoms with van der Waals surface area (Å²) in [6.45, 7) is 7.94. The molecule has 0 aromatic heterocycles. The number of methoxy groups -OCH3 is 1. The van der Waals surface area contributed by atoms with Gasteiger partial charge in [0, 0.05) is 5.92 Å². The maximum Gasteiger partial charge on any atom is 0.261 e. The van der Waals surface area contributed by atoms with Crippen molar-refractivity contribution in [2.45, 2.75) is 76.3 Å². The first kappa shape index (κ1) is 32.2. The van der Waals surface area contributed by atoms with Gasteiger partial charge in [0.2, 0.25) is 5.91 Å². The minimum atomic E-state index is -2.74. The van der Waals surface area contributed by atoms with Gasteiger partial charge in [0.05, 0.1) is 38.5 Å². The highest BCUT2D eigenvalue weighted by Crippen LogP contribution is 2.41. The standard InChI is InChI=1S/C40H47NO4Si/c1-40(2,3)46(35-16-10-6-11-17-35,36-18-12-7-13-19-36)45-29-33-22-25-37-38(44-28-31-20-23-34(43-4)24-21-31)27-32(39(42)41(33)37)26-30-14-8-5-9-15-30/h5-21,23-24,32-33,37-38H,22,25-29H2,1-4H3/t32-,33-,37-,38-/m0/s1. The summed E-state index contributed by atoms with van der Waals surface area (Å²) in [7, 11) is -1.06. The molecule has 5 nitrogen and oxygen atoms in total. The molecule has 6 rings (SSSR count). The third kappa shape index (κ3) is 6.57. The molecule has 4 atom stereocenters. The molecule has 0 N–H and O–H groups in total. The molecule has 0 saturated carbocycles. The fourth-order valence-electron chi connectivity index (χ4n) is 7.69. The summed E-state index contributed by atoms with van der Waals surface area (Å²) in [6.07, 6.45) is 3.24. The Morgan fingerprint density at radius 2 is 1.35 bits per heavy atom. The van der Waals surface area contributed by atoms with Crippen LogP contribution in [0.1, 0.15) is 51.2 Å². The van der Waals surface area contributed by atoms with Gasteiger partial charge in [-0.05, 0) is 64.4 Å². The zero-order valence-corrected chi connectivity index (χ0v) is 28.6. The largest absolute Gasteiger partial charge is 0.497 e. The molecule has 0 aliphatic carbocycles. The number of carbonyl (C=O) groups is 1. The highest BCUT2D eigenvalue weighted by atomic mass is 28.4. The molecular formula is C40H47NO4Si. The Kier molecular flexibility index (Phi) is 9.78. The molecule has 0 radical (unpaired) electrons. The summed E-state index contributed by atoms with van der Waals surface area (Å²) in [5, 5.41) is 2.39. The molecule has 0 unspecified atom stereocenters. The normalized spacial score (nSPS) is 21.7. The van der Waals surface area contributed by atoms with Gasteiger partial charge in [-0.3, -0.25) is 4.79 Å². The van der Waals surface area contributed by atoms with E-state index in [0.717, 1.165) is 30.6 Å². The van der Waals surface area contributed by atoms with Crippen LogP contribution in [0.2, 0.25) is 5.04 Å². The van der Waals surface area contributed by atoms with Gasteiger partial charge in [0.15, 0.2) is 0 Å². The Hall–Kier alpha value is -3.71. The van der Waals surface area contributed by atoms with Crippen molar-refractivity contribution in [1.29, 1.82) is 0 Å². The van der Waals surface area contributed by atoms with Gasteiger partial charge in [0.1, 0.15) is 5.75 Å². The SMILES string of the molecule is COc1ccc(CO[C@H]2C[C@H](Cc3ccccc3)C(=O)N3[C@H](CO[Si](c4ccccc4)(c4ccccc4)C(C)(C)C)CC[C@@H]23)cc1. The summed E-state index contributed by atoms with van der Waals surface area (Å²) in [4.78, 5) is 16.6. The van der Waals surface area contributed by atoms with Crippen molar-refractivity contribution in [1.82, 2.24) is 4.90 Å². The molecule has 0 bridgehead atoms. The number of hydrogen-bond donors (Lipinski definition) is 0. The zero-order chi connectivity index (χ0) is 32.1. The van der Waals surface area contributed by atoms with Crippen molar-refractivity contribution >= 4 is 24.6 Å². The van der Waals surface area contributed by atoms with Gasteiger partial charge >= 0.3 is 0 Å². The number of carbonyl (C=O) groups excluding carboxylic acids is 1. The van der Waals surface area contributed by atoms with Crippen molar-refractivity contribution in [2.75, 3.05) is 13.7 Å². The second-order valence-corrected chi connectivity index (χ2v) is 18.1. The Morgan fingerprint density at radius 1 is 0.761 bits per heavy atom. The smallest absolute Gasteiger partial charge is 0.261 e. The minimum absolute atomic E-state index is 0.00445. The van der Waals surface area contributed by atoms with Gasteiger partial charge in [-0.15, -0.1) is 0 Å². The van der Waals surface area contributed by atoms with E-state index < -0.39 is 8.32 Å². The number of benzene rings is 4. The average molecular weight is 634 g/mol. The lowest BCUT2D eigenvalue weighted by Gasteiger charge is -2.46. The van der Waals surface area contributed by atoms with E-state index in [9.17, 15) is 4.79 Å². The molecule has 6 heteroatoms. The average Bonchev–Trinajstić information content (AvgIpc) is 3.51. The maximum absolute atomic E-state index is 14.4. The molecule has 4 aromatic carbocycles. The van der Waals surface area contributed by atoms with Crippen molar-refractivity contribution < 1.29 is 18.7 Å². The molecule has 46 heavy (non-hydrogen) atoms. The predicted octanol–water partition coefficient (Wildman–Crippen LogP) is 6.78. The first-order valence-electron chi connectivity index (χ1n) is 16.7. The third-order valence-electron chi connectivity index (χ3n) is 9.95. The van der Waals surface area contributed by atoms with E-state index in [0.29, 0.717) is 19.6 Å². The predicted molar refractivity (Wildman–Crippen MR) is 187 cm³/mol. The number of amides is 1. The van der Waals surface area contributed by atoms with E-state index >= 15 is 0 Å². The molecule has 2 saturated heterocycles. The number of hydrogen-bond acceptors (Lipinski definition) is 4. The van der Waals surface area contributed by atoms with Crippen molar-refractivity contribution in [3.63, 3.8) is 0 Å². The Bertz CT molecular complexity index is 1520. The van der Waals surface area contributed by atoms with Gasteiger partial charge in [-0.25, -0.2) is 0 Å². The number of ether oxygens (including phenoxy) is 2. The van der Waals surface area contributed by atoms with Crippen LogP contribution in [0.5, 0.6) is 5.75 Å². The van der Waals surface area contributed by atoms with Crippen LogP contribution in [0, 0.1) is 5.92 Å². The molecule has 2 aliphatic rings. The van der Waals surface area contributed by atoms with Gasteiger partial charge < -0.3 is 18.8 Å². The number of nitrogens with zero attached hydrogens (tertiary/aromatic N) is 1. The summed E-state index contributed by atoms with van der Waals surface area (Å²) in [5.41, 5.74) is 2.29. The third-order valence-corrected chi connectivity index (χ3v) is 15.0. The first-order chi connectivity index (χ1) is 22.3.